The van der Waals surface area contributed by atoms with Gasteiger partial charge in [0.2, 0.25) is 0 Å². The number of carbonyl (C=O) groups excluding carboxylic acids is 1. The minimum Gasteiger partial charge on any atom is -0.480 e. The van der Waals surface area contributed by atoms with E-state index >= 15 is 0 Å². The van der Waals surface area contributed by atoms with Crippen LogP contribution < -0.4 is 5.32 Å². The number of amides is 2. The second-order valence-electron chi connectivity index (χ2n) is 5.07. The Hall–Kier alpha value is -2.12. The van der Waals surface area contributed by atoms with E-state index in [1.807, 2.05) is 6.07 Å². The molecule has 1 heterocycles. The van der Waals surface area contributed by atoms with E-state index in [0.717, 1.165) is 5.56 Å². The fourth-order valence-corrected chi connectivity index (χ4v) is 2.23. The molecule has 4 N–H and O–H groups in total. The number of hydrogen-bond acceptors (Lipinski definition) is 4. The van der Waals surface area contributed by atoms with Crippen molar-refractivity contribution in [3.63, 3.8) is 0 Å². The first kappa shape index (κ1) is 15.3. The number of hydrogen-bond donors (Lipinski definition) is 4. The molecule has 3 unspecified atom stereocenters. The van der Waals surface area contributed by atoms with Crippen molar-refractivity contribution in [3.05, 3.63) is 35.9 Å². The quantitative estimate of drug-likeness (QED) is 0.594. The Morgan fingerprint density at radius 1 is 1.19 bits per heavy atom. The smallest absolute Gasteiger partial charge is 0.326 e. The molecule has 1 aliphatic rings. The number of nitrogens with one attached hydrogen (secondary N) is 1. The van der Waals surface area contributed by atoms with Crippen molar-refractivity contribution < 1.29 is 24.9 Å². The zero-order chi connectivity index (χ0) is 15.4. The molecule has 2 amide bonds. The maximum atomic E-state index is 12.0. The zero-order valence-electron chi connectivity index (χ0n) is 11.3. The number of carboxylic acids is 1. The van der Waals surface area contributed by atoms with E-state index in [1.54, 1.807) is 24.3 Å². The molecule has 7 nitrogen and oxygen atoms in total. The van der Waals surface area contributed by atoms with Gasteiger partial charge in [0.25, 0.3) is 0 Å². The first-order chi connectivity index (χ1) is 9.97. The monoisotopic (exact) mass is 294 g/mol. The fourth-order valence-electron chi connectivity index (χ4n) is 2.23. The lowest BCUT2D eigenvalue weighted by Crippen LogP contribution is -2.48. The number of benzene rings is 1. The van der Waals surface area contributed by atoms with Crippen LogP contribution in [0.5, 0.6) is 0 Å². The van der Waals surface area contributed by atoms with Gasteiger partial charge in [-0.15, -0.1) is 0 Å². The van der Waals surface area contributed by atoms with Gasteiger partial charge in [-0.3, -0.25) is 0 Å². The molecule has 0 saturated carbocycles. The van der Waals surface area contributed by atoms with Crippen LogP contribution >= 0.6 is 0 Å². The third kappa shape index (κ3) is 3.93. The van der Waals surface area contributed by atoms with Crippen molar-refractivity contribution in [3.8, 4) is 0 Å². The molecule has 1 fully saturated rings. The summed E-state index contributed by atoms with van der Waals surface area (Å²) in [5.74, 6) is -1.13. The zero-order valence-corrected chi connectivity index (χ0v) is 11.3. The summed E-state index contributed by atoms with van der Waals surface area (Å²) in [5, 5.41) is 30.4. The van der Waals surface area contributed by atoms with E-state index < -0.39 is 30.3 Å². The van der Waals surface area contributed by atoms with E-state index in [0.29, 0.717) is 0 Å². The van der Waals surface area contributed by atoms with Gasteiger partial charge in [0, 0.05) is 6.42 Å². The Morgan fingerprint density at radius 3 is 2.29 bits per heavy atom. The molecule has 0 aliphatic carbocycles. The average molecular weight is 294 g/mol. The molecule has 7 heteroatoms. The van der Waals surface area contributed by atoms with Gasteiger partial charge < -0.3 is 25.5 Å². The molecule has 114 valence electrons. The summed E-state index contributed by atoms with van der Waals surface area (Å²) in [6.07, 6.45) is -1.82. The lowest BCUT2D eigenvalue weighted by molar-refractivity contribution is -0.139. The minimum absolute atomic E-state index is 0.00925. The number of β-amino-alcohol motifs (C(OH)–C–C–N with tert-alkyl or cyclic N) is 2. The Kier molecular flexibility index (Phi) is 4.77. The molecule has 0 aromatic heterocycles. The second kappa shape index (κ2) is 6.55. The summed E-state index contributed by atoms with van der Waals surface area (Å²) in [5.41, 5.74) is 0.798. The molecule has 21 heavy (non-hydrogen) atoms. The van der Waals surface area contributed by atoms with Crippen LogP contribution in [0.15, 0.2) is 30.3 Å². The Morgan fingerprint density at radius 2 is 1.76 bits per heavy atom. The molecular weight excluding hydrogens is 276 g/mol. The number of carbonyl (C=O) groups is 2. The van der Waals surface area contributed by atoms with Crippen molar-refractivity contribution >= 4 is 12.0 Å². The summed E-state index contributed by atoms with van der Waals surface area (Å²) in [7, 11) is 0. The number of likely N-dealkylation sites (tertiary alicyclic amines) is 1. The molecule has 3 atom stereocenters. The Balaban J connectivity index is 1.97. The standard InChI is InChI=1S/C14H18N2O5/c17-11-7-16(8-12(11)18)14(21)15-10(13(19)20)6-9-4-2-1-3-5-9/h1-5,10-12,17-18H,6-8H2,(H,15,21)(H,19,20). The SMILES string of the molecule is O=C(O)C(Cc1ccccc1)NC(=O)N1CC(O)C(O)C1. The average Bonchev–Trinajstić information content (AvgIpc) is 2.79. The van der Waals surface area contributed by atoms with Gasteiger partial charge in [-0.05, 0) is 5.56 Å². The van der Waals surface area contributed by atoms with Crippen molar-refractivity contribution in [2.75, 3.05) is 13.1 Å². The van der Waals surface area contributed by atoms with Crippen molar-refractivity contribution in [1.82, 2.24) is 10.2 Å². The number of aliphatic carboxylic acids is 1. The van der Waals surface area contributed by atoms with Crippen LogP contribution in [0.25, 0.3) is 0 Å². The fraction of sp³-hybridized carbons (Fsp3) is 0.429. The van der Waals surface area contributed by atoms with Crippen LogP contribution in [-0.2, 0) is 11.2 Å². The van der Waals surface area contributed by atoms with E-state index in [9.17, 15) is 24.9 Å². The van der Waals surface area contributed by atoms with Crippen molar-refractivity contribution in [2.24, 2.45) is 0 Å². The summed E-state index contributed by atoms with van der Waals surface area (Å²) in [6.45, 7) is -0.0185. The van der Waals surface area contributed by atoms with Gasteiger partial charge in [0.05, 0.1) is 25.3 Å². The number of carboxylic acid groups (broad SMARTS) is 1. The van der Waals surface area contributed by atoms with Gasteiger partial charge in [0.15, 0.2) is 0 Å². The van der Waals surface area contributed by atoms with E-state index in [1.165, 1.54) is 4.90 Å². The molecule has 1 aliphatic heterocycles. The van der Waals surface area contributed by atoms with E-state index in [4.69, 9.17) is 0 Å². The van der Waals surface area contributed by atoms with Crippen LogP contribution in [0.2, 0.25) is 0 Å². The maximum Gasteiger partial charge on any atom is 0.326 e. The summed E-state index contributed by atoms with van der Waals surface area (Å²) in [4.78, 5) is 24.4. The van der Waals surface area contributed by atoms with Crippen LogP contribution in [0.4, 0.5) is 4.79 Å². The summed E-state index contributed by atoms with van der Waals surface area (Å²) >= 11 is 0. The van der Waals surface area contributed by atoms with Crippen LogP contribution in [0.3, 0.4) is 0 Å². The third-order valence-electron chi connectivity index (χ3n) is 3.42. The number of aliphatic hydroxyl groups is 2. The number of nitrogens with zero attached hydrogens (tertiary/aromatic N) is 1. The second-order valence-corrected chi connectivity index (χ2v) is 5.07. The molecule has 0 radical (unpaired) electrons. The van der Waals surface area contributed by atoms with Gasteiger partial charge in [0.1, 0.15) is 6.04 Å². The van der Waals surface area contributed by atoms with Crippen molar-refractivity contribution in [1.29, 1.82) is 0 Å². The summed E-state index contributed by atoms with van der Waals surface area (Å²) in [6, 6.07) is 7.32. The van der Waals surface area contributed by atoms with Gasteiger partial charge in [-0.1, -0.05) is 30.3 Å². The minimum atomic E-state index is -1.13. The molecule has 0 bridgehead atoms. The van der Waals surface area contributed by atoms with Crippen LogP contribution in [0, 0.1) is 0 Å². The highest BCUT2D eigenvalue weighted by Crippen LogP contribution is 2.11. The molecular formula is C14H18N2O5. The molecule has 2 rings (SSSR count). The molecule has 1 saturated heterocycles. The van der Waals surface area contributed by atoms with Gasteiger partial charge >= 0.3 is 12.0 Å². The van der Waals surface area contributed by atoms with E-state index in [2.05, 4.69) is 5.32 Å². The number of rotatable bonds is 4. The van der Waals surface area contributed by atoms with Gasteiger partial charge in [-0.25, -0.2) is 9.59 Å². The topological polar surface area (TPSA) is 110 Å². The highest BCUT2D eigenvalue weighted by atomic mass is 16.4. The lowest BCUT2D eigenvalue weighted by Gasteiger charge is -2.20. The lowest BCUT2D eigenvalue weighted by atomic mass is 10.1. The predicted octanol–water partition coefficient (Wildman–Crippen LogP) is -0.571. The Labute approximate surface area is 121 Å². The normalized spacial score (nSPS) is 22.9. The first-order valence-electron chi connectivity index (χ1n) is 6.65. The largest absolute Gasteiger partial charge is 0.480 e. The molecule has 1 aromatic rings. The molecule has 0 spiro atoms. The van der Waals surface area contributed by atoms with Crippen molar-refractivity contribution in [2.45, 2.75) is 24.7 Å². The maximum absolute atomic E-state index is 12.0. The first-order valence-corrected chi connectivity index (χ1v) is 6.65. The highest BCUT2D eigenvalue weighted by molar-refractivity contribution is 5.83. The Bertz CT molecular complexity index is 497. The molecule has 1 aromatic carbocycles. The van der Waals surface area contributed by atoms with Gasteiger partial charge in [-0.2, -0.15) is 0 Å². The number of aliphatic hydroxyl groups excluding tert-OH is 2. The predicted molar refractivity (Wildman–Crippen MR) is 73.7 cm³/mol. The summed E-state index contributed by atoms with van der Waals surface area (Å²) < 4.78 is 0. The number of urea groups is 1. The highest BCUT2D eigenvalue weighted by Gasteiger charge is 2.34. The third-order valence-corrected chi connectivity index (χ3v) is 3.42. The van der Waals surface area contributed by atoms with Crippen LogP contribution in [-0.4, -0.2) is 63.6 Å². The van der Waals surface area contributed by atoms with E-state index in [-0.39, 0.29) is 19.5 Å². The van der Waals surface area contributed by atoms with Crippen LogP contribution in [0.1, 0.15) is 5.56 Å².